The first-order valence-electron chi connectivity index (χ1n) is 4.60. The second-order valence-corrected chi connectivity index (χ2v) is 4.14. The summed E-state index contributed by atoms with van der Waals surface area (Å²) in [6, 6.07) is 4.01. The van der Waals surface area contributed by atoms with E-state index in [2.05, 4.69) is 21.9 Å². The minimum absolute atomic E-state index is 0.134. The Kier molecular flexibility index (Phi) is 4.24. The number of carbonyl (C=O) groups excluding carboxylic acids is 1. The zero-order valence-electron chi connectivity index (χ0n) is 9.01. The quantitative estimate of drug-likeness (QED) is 0.487. The van der Waals surface area contributed by atoms with Gasteiger partial charge in [-0.15, -0.1) is 6.42 Å². The topological polar surface area (TPSA) is 63.5 Å². The van der Waals surface area contributed by atoms with Crippen molar-refractivity contribution < 1.29 is 9.72 Å². The molecule has 0 radical (unpaired) electrons. The first-order valence-corrected chi connectivity index (χ1v) is 5.39. The molecule has 0 bridgehead atoms. The van der Waals surface area contributed by atoms with Crippen LogP contribution in [0.3, 0.4) is 0 Å². The maximum atomic E-state index is 11.9. The van der Waals surface area contributed by atoms with E-state index in [-0.39, 0.29) is 23.7 Å². The zero-order valence-corrected chi connectivity index (χ0v) is 10.6. The molecule has 0 aliphatic heterocycles. The molecule has 0 aromatic heterocycles. The van der Waals surface area contributed by atoms with Crippen LogP contribution in [0.5, 0.6) is 0 Å². The summed E-state index contributed by atoms with van der Waals surface area (Å²) >= 11 is 3.18. The van der Waals surface area contributed by atoms with Crippen molar-refractivity contribution in [2.75, 3.05) is 13.6 Å². The lowest BCUT2D eigenvalue weighted by Gasteiger charge is -2.14. The number of nitro benzene ring substituents is 1. The molecular weight excluding hydrogens is 288 g/mol. The van der Waals surface area contributed by atoms with E-state index < -0.39 is 4.92 Å². The summed E-state index contributed by atoms with van der Waals surface area (Å²) in [5.41, 5.74) is 0.0857. The van der Waals surface area contributed by atoms with Crippen molar-refractivity contribution in [1.82, 2.24) is 4.90 Å². The van der Waals surface area contributed by atoms with Crippen LogP contribution in [0.2, 0.25) is 0 Å². The highest BCUT2D eigenvalue weighted by Crippen LogP contribution is 2.23. The van der Waals surface area contributed by atoms with Crippen molar-refractivity contribution in [2.45, 2.75) is 0 Å². The van der Waals surface area contributed by atoms with Crippen LogP contribution in [0, 0.1) is 22.5 Å². The summed E-state index contributed by atoms with van der Waals surface area (Å²) in [6.45, 7) is 0.147. The molecule has 0 spiro atoms. The highest BCUT2D eigenvalue weighted by Gasteiger charge is 2.18. The lowest BCUT2D eigenvalue weighted by molar-refractivity contribution is -0.384. The van der Waals surface area contributed by atoms with Gasteiger partial charge in [-0.3, -0.25) is 14.9 Å². The predicted octanol–water partition coefficient (Wildman–Crippen LogP) is 2.06. The smallest absolute Gasteiger partial charge is 0.270 e. The second kappa shape index (κ2) is 5.46. The van der Waals surface area contributed by atoms with Gasteiger partial charge in [-0.1, -0.05) is 5.92 Å². The van der Waals surface area contributed by atoms with Crippen molar-refractivity contribution in [1.29, 1.82) is 0 Å². The average Bonchev–Trinajstić information content (AvgIpc) is 2.28. The van der Waals surface area contributed by atoms with Crippen LogP contribution >= 0.6 is 15.9 Å². The van der Waals surface area contributed by atoms with Gasteiger partial charge in [0.2, 0.25) is 0 Å². The Balaban J connectivity index is 3.13. The van der Waals surface area contributed by atoms with Gasteiger partial charge in [0, 0.05) is 23.7 Å². The molecule has 0 atom stereocenters. The Bertz CT molecular complexity index is 508. The summed E-state index contributed by atoms with van der Waals surface area (Å²) in [4.78, 5) is 23.3. The van der Waals surface area contributed by atoms with Crippen LogP contribution in [0.1, 0.15) is 10.4 Å². The van der Waals surface area contributed by atoms with E-state index in [4.69, 9.17) is 6.42 Å². The molecule has 0 aliphatic rings. The predicted molar refractivity (Wildman–Crippen MR) is 66.6 cm³/mol. The molecule has 0 unspecified atom stereocenters. The van der Waals surface area contributed by atoms with Crippen molar-refractivity contribution in [3.8, 4) is 12.3 Å². The summed E-state index contributed by atoms with van der Waals surface area (Å²) < 4.78 is 0.497. The third kappa shape index (κ3) is 3.04. The van der Waals surface area contributed by atoms with Crippen LogP contribution in [0.4, 0.5) is 5.69 Å². The van der Waals surface area contributed by atoms with E-state index in [0.29, 0.717) is 4.47 Å². The van der Waals surface area contributed by atoms with Crippen molar-refractivity contribution >= 4 is 27.5 Å². The number of benzene rings is 1. The maximum absolute atomic E-state index is 11.9. The van der Waals surface area contributed by atoms with E-state index in [9.17, 15) is 14.9 Å². The van der Waals surface area contributed by atoms with E-state index in [1.54, 1.807) is 0 Å². The second-order valence-electron chi connectivity index (χ2n) is 3.29. The molecule has 0 saturated carbocycles. The van der Waals surface area contributed by atoms with Crippen LogP contribution in [0.15, 0.2) is 22.7 Å². The van der Waals surface area contributed by atoms with Crippen molar-refractivity contribution in [3.63, 3.8) is 0 Å². The normalized spacial score (nSPS) is 9.47. The Labute approximate surface area is 107 Å². The fraction of sp³-hybridized carbons (Fsp3) is 0.182. The van der Waals surface area contributed by atoms with Gasteiger partial charge in [-0.05, 0) is 22.0 Å². The van der Waals surface area contributed by atoms with Crippen LogP contribution in [-0.4, -0.2) is 29.3 Å². The molecule has 88 valence electrons. The summed E-state index contributed by atoms with van der Waals surface area (Å²) in [6.07, 6.45) is 5.10. The van der Waals surface area contributed by atoms with Gasteiger partial charge < -0.3 is 4.90 Å². The molecule has 0 fully saturated rings. The van der Waals surface area contributed by atoms with Gasteiger partial charge in [0.05, 0.1) is 17.0 Å². The average molecular weight is 297 g/mol. The first-order chi connectivity index (χ1) is 7.97. The van der Waals surface area contributed by atoms with Crippen LogP contribution in [-0.2, 0) is 0 Å². The number of carbonyl (C=O) groups is 1. The van der Waals surface area contributed by atoms with Crippen LogP contribution < -0.4 is 0 Å². The molecule has 1 aromatic rings. The molecule has 1 rings (SSSR count). The number of non-ortho nitro benzene ring substituents is 1. The van der Waals surface area contributed by atoms with Gasteiger partial charge in [-0.25, -0.2) is 0 Å². The van der Waals surface area contributed by atoms with Gasteiger partial charge >= 0.3 is 0 Å². The van der Waals surface area contributed by atoms with Crippen molar-refractivity contribution in [2.24, 2.45) is 0 Å². The molecule has 17 heavy (non-hydrogen) atoms. The zero-order chi connectivity index (χ0) is 13.0. The largest absolute Gasteiger partial charge is 0.331 e. The number of amides is 1. The third-order valence-electron chi connectivity index (χ3n) is 2.07. The lowest BCUT2D eigenvalue weighted by atomic mass is 10.2. The summed E-state index contributed by atoms with van der Waals surface area (Å²) in [5, 5.41) is 10.6. The highest BCUT2D eigenvalue weighted by molar-refractivity contribution is 9.10. The number of hydrogen-bond acceptors (Lipinski definition) is 3. The SMILES string of the molecule is C#CCN(C)C(=O)c1cc([N+](=O)[O-])ccc1Br. The molecule has 0 saturated heterocycles. The van der Waals surface area contributed by atoms with Gasteiger partial charge in [0.25, 0.3) is 11.6 Å². The Morgan fingerprint density at radius 1 is 1.65 bits per heavy atom. The molecule has 1 aromatic carbocycles. The Morgan fingerprint density at radius 3 is 2.82 bits per heavy atom. The minimum atomic E-state index is -0.551. The fourth-order valence-electron chi connectivity index (χ4n) is 1.21. The first kappa shape index (κ1) is 13.2. The summed E-state index contributed by atoms with van der Waals surface area (Å²) in [5.74, 6) is 1.97. The van der Waals surface area contributed by atoms with E-state index in [0.717, 1.165) is 0 Å². The van der Waals surface area contributed by atoms with Gasteiger partial charge in [-0.2, -0.15) is 0 Å². The van der Waals surface area contributed by atoms with Gasteiger partial charge in [0.15, 0.2) is 0 Å². The molecule has 6 heteroatoms. The molecule has 0 heterocycles. The molecule has 5 nitrogen and oxygen atoms in total. The standard InChI is InChI=1S/C11H9BrN2O3/c1-3-6-13(2)11(15)9-7-8(14(16)17)4-5-10(9)12/h1,4-5,7H,6H2,2H3. The molecule has 1 amide bonds. The van der Waals surface area contributed by atoms with E-state index in [1.165, 1.54) is 30.1 Å². The monoisotopic (exact) mass is 296 g/mol. The number of halogens is 1. The van der Waals surface area contributed by atoms with Crippen molar-refractivity contribution in [3.05, 3.63) is 38.3 Å². The van der Waals surface area contributed by atoms with Crippen LogP contribution in [0.25, 0.3) is 0 Å². The minimum Gasteiger partial charge on any atom is -0.331 e. The highest BCUT2D eigenvalue weighted by atomic mass is 79.9. The Morgan fingerprint density at radius 2 is 2.29 bits per heavy atom. The molecule has 0 N–H and O–H groups in total. The number of terminal acetylenes is 1. The lowest BCUT2D eigenvalue weighted by Crippen LogP contribution is -2.27. The van der Waals surface area contributed by atoms with Gasteiger partial charge in [0.1, 0.15) is 0 Å². The number of nitro groups is 1. The fourth-order valence-corrected chi connectivity index (χ4v) is 1.62. The number of rotatable bonds is 3. The molecule has 0 aliphatic carbocycles. The van der Waals surface area contributed by atoms with E-state index in [1.807, 2.05) is 0 Å². The Hall–Kier alpha value is -1.87. The number of nitrogens with zero attached hydrogens (tertiary/aromatic N) is 2. The summed E-state index contributed by atoms with van der Waals surface area (Å²) in [7, 11) is 1.54. The molecular formula is C11H9BrN2O3. The van der Waals surface area contributed by atoms with E-state index >= 15 is 0 Å². The number of hydrogen-bond donors (Lipinski definition) is 0. The third-order valence-corrected chi connectivity index (χ3v) is 2.76. The maximum Gasteiger partial charge on any atom is 0.270 e.